The Morgan fingerprint density at radius 3 is 2.56 bits per heavy atom. The molecule has 0 aliphatic heterocycles. The predicted molar refractivity (Wildman–Crippen MR) is 63.7 cm³/mol. The van der Waals surface area contributed by atoms with Crippen LogP contribution in [0.2, 0.25) is 0 Å². The third-order valence-electron chi connectivity index (χ3n) is 1.77. The maximum absolute atomic E-state index is 11.4. The number of carbonyl (C=O) groups excluding carboxylic acids is 2. The minimum absolute atomic E-state index is 0.359. The summed E-state index contributed by atoms with van der Waals surface area (Å²) in [4.78, 5) is 22.5. The average Bonchev–Trinajstić information content (AvgIpc) is 2.30. The van der Waals surface area contributed by atoms with Gasteiger partial charge in [0.1, 0.15) is 0 Å². The van der Waals surface area contributed by atoms with Gasteiger partial charge in [-0.1, -0.05) is 34.1 Å². The van der Waals surface area contributed by atoms with E-state index in [1.165, 1.54) is 0 Å². The first-order valence-electron chi connectivity index (χ1n) is 4.85. The Morgan fingerprint density at radius 2 is 1.94 bits per heavy atom. The van der Waals surface area contributed by atoms with Gasteiger partial charge < -0.3 is 10.1 Å². The van der Waals surface area contributed by atoms with Crippen molar-refractivity contribution in [3.8, 4) is 0 Å². The van der Waals surface area contributed by atoms with Gasteiger partial charge in [0, 0.05) is 11.9 Å². The van der Waals surface area contributed by atoms with E-state index in [0.29, 0.717) is 12.1 Å². The van der Waals surface area contributed by atoms with Crippen LogP contribution in [0.5, 0.6) is 0 Å². The van der Waals surface area contributed by atoms with Gasteiger partial charge in [0.05, 0.1) is 5.56 Å². The molecule has 1 amide bonds. The number of halogens is 1. The van der Waals surface area contributed by atoms with Crippen LogP contribution in [0.4, 0.5) is 4.79 Å². The smallest absolute Gasteiger partial charge is 0.373 e. The Morgan fingerprint density at radius 1 is 1.25 bits per heavy atom. The Labute approximate surface area is 102 Å². The molecular formula is C11H12BrNO3. The fraction of sp³-hybridized carbons (Fsp3) is 0.273. The molecule has 0 saturated carbocycles. The van der Waals surface area contributed by atoms with E-state index in [4.69, 9.17) is 0 Å². The monoisotopic (exact) mass is 285 g/mol. The molecule has 86 valence electrons. The van der Waals surface area contributed by atoms with Crippen molar-refractivity contribution in [1.29, 1.82) is 0 Å². The third kappa shape index (κ3) is 4.44. The summed E-state index contributed by atoms with van der Waals surface area (Å²) in [5.41, 5.74) is 0.359. The molecule has 0 fully saturated rings. The molecule has 0 aliphatic rings. The molecule has 0 heterocycles. The van der Waals surface area contributed by atoms with Gasteiger partial charge in [0.2, 0.25) is 0 Å². The number of rotatable bonds is 4. The Kier molecular flexibility index (Phi) is 5.56. The first-order valence-corrected chi connectivity index (χ1v) is 5.97. The van der Waals surface area contributed by atoms with E-state index >= 15 is 0 Å². The number of benzene rings is 1. The number of hydrogen-bond donors (Lipinski definition) is 1. The highest BCUT2D eigenvalue weighted by atomic mass is 79.9. The summed E-state index contributed by atoms with van der Waals surface area (Å²) >= 11 is 3.23. The van der Waals surface area contributed by atoms with E-state index in [1.807, 2.05) is 0 Å². The van der Waals surface area contributed by atoms with Crippen molar-refractivity contribution in [2.45, 2.75) is 6.42 Å². The number of esters is 1. The molecule has 0 radical (unpaired) electrons. The summed E-state index contributed by atoms with van der Waals surface area (Å²) in [7, 11) is 0. The second kappa shape index (κ2) is 7.00. The van der Waals surface area contributed by atoms with Crippen molar-refractivity contribution < 1.29 is 14.3 Å². The van der Waals surface area contributed by atoms with Crippen LogP contribution < -0.4 is 5.32 Å². The molecule has 4 nitrogen and oxygen atoms in total. The van der Waals surface area contributed by atoms with Crippen LogP contribution in [0.3, 0.4) is 0 Å². The van der Waals surface area contributed by atoms with Gasteiger partial charge in [-0.05, 0) is 18.6 Å². The number of alkyl carbamates (subject to hydrolysis) is 1. The van der Waals surface area contributed by atoms with E-state index in [9.17, 15) is 9.59 Å². The highest BCUT2D eigenvalue weighted by Gasteiger charge is 2.11. The first kappa shape index (κ1) is 12.7. The lowest BCUT2D eigenvalue weighted by Crippen LogP contribution is -2.27. The lowest BCUT2D eigenvalue weighted by atomic mass is 10.2. The highest BCUT2D eigenvalue weighted by molar-refractivity contribution is 9.09. The molecule has 0 unspecified atom stereocenters. The van der Waals surface area contributed by atoms with Crippen LogP contribution >= 0.6 is 15.9 Å². The second-order valence-corrected chi connectivity index (χ2v) is 3.81. The van der Waals surface area contributed by atoms with Crippen LogP contribution in [0.1, 0.15) is 16.8 Å². The molecular weight excluding hydrogens is 274 g/mol. The lowest BCUT2D eigenvalue weighted by molar-refractivity contribution is 0.0623. The molecule has 0 aliphatic carbocycles. The molecule has 1 rings (SSSR count). The maximum atomic E-state index is 11.4. The van der Waals surface area contributed by atoms with Crippen molar-refractivity contribution in [3.05, 3.63) is 35.9 Å². The molecule has 0 saturated heterocycles. The fourth-order valence-corrected chi connectivity index (χ4v) is 1.29. The third-order valence-corrected chi connectivity index (χ3v) is 2.34. The lowest BCUT2D eigenvalue weighted by Gasteiger charge is -2.04. The zero-order valence-electron chi connectivity index (χ0n) is 8.61. The van der Waals surface area contributed by atoms with Crippen LogP contribution in [0.15, 0.2) is 30.3 Å². The summed E-state index contributed by atoms with van der Waals surface area (Å²) in [5.74, 6) is -0.642. The van der Waals surface area contributed by atoms with Crippen molar-refractivity contribution in [2.24, 2.45) is 0 Å². The van der Waals surface area contributed by atoms with Gasteiger partial charge in [-0.3, -0.25) is 0 Å². The summed E-state index contributed by atoms with van der Waals surface area (Å²) in [6.45, 7) is 0.478. The minimum Gasteiger partial charge on any atom is -0.373 e. The van der Waals surface area contributed by atoms with E-state index < -0.39 is 12.1 Å². The number of alkyl halides is 1. The van der Waals surface area contributed by atoms with Crippen molar-refractivity contribution in [1.82, 2.24) is 5.32 Å². The van der Waals surface area contributed by atoms with Crippen molar-refractivity contribution in [2.75, 3.05) is 11.9 Å². The molecule has 16 heavy (non-hydrogen) atoms. The quantitative estimate of drug-likeness (QED) is 0.400. The molecule has 5 heteroatoms. The zero-order valence-corrected chi connectivity index (χ0v) is 10.2. The summed E-state index contributed by atoms with van der Waals surface area (Å²) in [5, 5.41) is 3.26. The number of nitrogens with one attached hydrogen (secondary N) is 1. The number of amides is 1. The molecule has 0 atom stereocenters. The summed E-state index contributed by atoms with van der Waals surface area (Å²) in [6.07, 6.45) is 0.0732. The number of carbonyl (C=O) groups is 2. The molecule has 0 spiro atoms. The Bertz CT molecular complexity index is 354. The van der Waals surface area contributed by atoms with Gasteiger partial charge in [-0.25, -0.2) is 9.59 Å². The van der Waals surface area contributed by atoms with Gasteiger partial charge in [-0.15, -0.1) is 0 Å². The second-order valence-electron chi connectivity index (χ2n) is 3.01. The molecule has 1 aromatic carbocycles. The molecule has 1 aromatic rings. The highest BCUT2D eigenvalue weighted by Crippen LogP contribution is 2.00. The fourth-order valence-electron chi connectivity index (χ4n) is 1.01. The van der Waals surface area contributed by atoms with E-state index in [0.717, 1.165) is 11.8 Å². The van der Waals surface area contributed by atoms with E-state index in [-0.39, 0.29) is 0 Å². The average molecular weight is 286 g/mol. The van der Waals surface area contributed by atoms with Crippen LogP contribution in [0.25, 0.3) is 0 Å². The van der Waals surface area contributed by atoms with Gasteiger partial charge in [-0.2, -0.15) is 0 Å². The Balaban J connectivity index is 2.37. The van der Waals surface area contributed by atoms with E-state index in [2.05, 4.69) is 26.0 Å². The number of ether oxygens (including phenoxy) is 1. The normalized spacial score (nSPS) is 9.56. The number of hydrogen-bond acceptors (Lipinski definition) is 3. The molecule has 0 aromatic heterocycles. The van der Waals surface area contributed by atoms with Crippen LogP contribution in [0, 0.1) is 0 Å². The predicted octanol–water partition coefficient (Wildman–Crippen LogP) is 2.34. The molecule has 1 N–H and O–H groups in total. The Hall–Kier alpha value is -1.36. The van der Waals surface area contributed by atoms with Crippen molar-refractivity contribution >= 4 is 28.0 Å². The largest absolute Gasteiger partial charge is 0.415 e. The SMILES string of the molecule is O=C(NCCCBr)OC(=O)c1ccccc1. The standard InChI is InChI=1S/C11H12BrNO3/c12-7-4-8-13-11(15)16-10(14)9-5-2-1-3-6-9/h1-3,5-6H,4,7-8H2,(H,13,15). The topological polar surface area (TPSA) is 55.4 Å². The van der Waals surface area contributed by atoms with Crippen LogP contribution in [-0.4, -0.2) is 23.9 Å². The van der Waals surface area contributed by atoms with E-state index in [1.54, 1.807) is 30.3 Å². The maximum Gasteiger partial charge on any atom is 0.415 e. The van der Waals surface area contributed by atoms with Gasteiger partial charge in [0.15, 0.2) is 0 Å². The zero-order chi connectivity index (χ0) is 11.8. The summed E-state index contributed by atoms with van der Waals surface area (Å²) in [6, 6.07) is 8.38. The molecule has 0 bridgehead atoms. The van der Waals surface area contributed by atoms with Crippen LogP contribution in [-0.2, 0) is 4.74 Å². The van der Waals surface area contributed by atoms with Gasteiger partial charge in [0.25, 0.3) is 0 Å². The minimum atomic E-state index is -0.713. The summed E-state index contributed by atoms with van der Waals surface area (Å²) < 4.78 is 4.58. The first-order chi connectivity index (χ1) is 7.74. The van der Waals surface area contributed by atoms with Gasteiger partial charge >= 0.3 is 12.1 Å². The van der Waals surface area contributed by atoms with Crippen molar-refractivity contribution in [3.63, 3.8) is 0 Å².